The number of rotatable bonds is 6. The van der Waals surface area contributed by atoms with Gasteiger partial charge in [0.15, 0.2) is 0 Å². The van der Waals surface area contributed by atoms with Crippen molar-refractivity contribution >= 4 is 38.9 Å². The van der Waals surface area contributed by atoms with Gasteiger partial charge in [0.05, 0.1) is 28.0 Å². The van der Waals surface area contributed by atoms with Gasteiger partial charge in [0.25, 0.3) is 11.5 Å². The molecule has 0 fully saturated rings. The average molecular weight is 556 g/mol. The molecule has 0 saturated carbocycles. The van der Waals surface area contributed by atoms with Gasteiger partial charge in [-0.3, -0.25) is 9.36 Å². The Morgan fingerprint density at radius 3 is 2.60 bits per heavy atom. The fourth-order valence-electron chi connectivity index (χ4n) is 3.39. The van der Waals surface area contributed by atoms with Crippen LogP contribution >= 0.6 is 15.9 Å². The number of hydrogen-bond donors (Lipinski definition) is 2. The van der Waals surface area contributed by atoms with Crippen LogP contribution in [0.4, 0.5) is 23.8 Å². The molecule has 0 bridgehead atoms. The molecule has 0 aliphatic rings. The number of pyridine rings is 1. The number of alkyl halides is 2. The van der Waals surface area contributed by atoms with Gasteiger partial charge in [0.2, 0.25) is 0 Å². The average Bonchev–Trinajstić information content (AvgIpc) is 2.75. The summed E-state index contributed by atoms with van der Waals surface area (Å²) in [7, 11) is 1.55. The lowest BCUT2D eigenvalue weighted by Crippen LogP contribution is -2.39. The highest BCUT2D eigenvalue weighted by atomic mass is 79.9. The van der Waals surface area contributed by atoms with Crippen molar-refractivity contribution in [3.8, 4) is 0 Å². The summed E-state index contributed by atoms with van der Waals surface area (Å²) in [6.07, 6.45) is 0.216. The van der Waals surface area contributed by atoms with E-state index in [4.69, 9.17) is 4.74 Å². The van der Waals surface area contributed by atoms with Gasteiger partial charge < -0.3 is 15.4 Å². The third-order valence-corrected chi connectivity index (χ3v) is 5.62. The highest BCUT2D eigenvalue weighted by Crippen LogP contribution is 2.34. The minimum Gasteiger partial charge on any atom is -0.444 e. The molecule has 2 heterocycles. The number of benzene rings is 1. The molecular formula is C23H25BrF3N5O3. The highest BCUT2D eigenvalue weighted by Gasteiger charge is 2.37. The van der Waals surface area contributed by atoms with E-state index in [-0.39, 0.29) is 15.6 Å². The summed E-state index contributed by atoms with van der Waals surface area (Å²) in [5.74, 6) is -4.51. The third kappa shape index (κ3) is 5.92. The van der Waals surface area contributed by atoms with Crippen molar-refractivity contribution in [3.63, 3.8) is 0 Å². The zero-order valence-corrected chi connectivity index (χ0v) is 21.3. The van der Waals surface area contributed by atoms with E-state index in [0.29, 0.717) is 16.9 Å². The zero-order valence-electron chi connectivity index (χ0n) is 19.7. The number of aromatic nitrogens is 3. The van der Waals surface area contributed by atoms with Gasteiger partial charge in [-0.2, -0.15) is 8.78 Å². The maximum Gasteiger partial charge on any atom is 0.407 e. The van der Waals surface area contributed by atoms with Crippen molar-refractivity contribution in [3.05, 3.63) is 62.4 Å². The molecule has 188 valence electrons. The van der Waals surface area contributed by atoms with Gasteiger partial charge in [-0.25, -0.2) is 19.2 Å². The van der Waals surface area contributed by atoms with Crippen LogP contribution in [0.2, 0.25) is 0 Å². The second-order valence-electron chi connectivity index (χ2n) is 8.95. The molecule has 0 saturated heterocycles. The quantitative estimate of drug-likeness (QED) is 0.443. The van der Waals surface area contributed by atoms with Gasteiger partial charge in [-0.1, -0.05) is 12.1 Å². The van der Waals surface area contributed by atoms with E-state index in [1.807, 2.05) is 5.32 Å². The van der Waals surface area contributed by atoms with Gasteiger partial charge >= 0.3 is 6.09 Å². The first-order valence-corrected chi connectivity index (χ1v) is 11.4. The molecule has 1 amide bonds. The molecule has 2 aromatic heterocycles. The molecule has 1 atom stereocenters. The first-order valence-electron chi connectivity index (χ1n) is 10.6. The number of carbonyl (C=O) groups is 1. The maximum absolute atomic E-state index is 15.3. The number of hydrogen-bond acceptors (Lipinski definition) is 6. The van der Waals surface area contributed by atoms with E-state index < -0.39 is 41.6 Å². The van der Waals surface area contributed by atoms with Crippen LogP contribution in [0.5, 0.6) is 0 Å². The molecule has 0 aliphatic heterocycles. The van der Waals surface area contributed by atoms with Crippen LogP contribution in [0.15, 0.2) is 39.9 Å². The van der Waals surface area contributed by atoms with E-state index in [2.05, 4.69) is 31.2 Å². The lowest BCUT2D eigenvalue weighted by atomic mass is 10.00. The fourth-order valence-corrected chi connectivity index (χ4v) is 3.88. The maximum atomic E-state index is 15.3. The summed E-state index contributed by atoms with van der Waals surface area (Å²) in [6.45, 7) is 5.25. The van der Waals surface area contributed by atoms with Gasteiger partial charge in [0.1, 0.15) is 29.2 Å². The minimum atomic E-state index is -3.69. The fraction of sp³-hybridized carbons (Fsp3) is 0.391. The van der Waals surface area contributed by atoms with Crippen LogP contribution < -0.4 is 16.2 Å². The molecule has 3 aromatic rings. The second-order valence-corrected chi connectivity index (χ2v) is 9.81. The second kappa shape index (κ2) is 9.84. The first kappa shape index (κ1) is 26.5. The summed E-state index contributed by atoms with van der Waals surface area (Å²) >= 11 is 3.20. The normalized spacial score (nSPS) is 12.9. The number of halogens is 4. The van der Waals surface area contributed by atoms with E-state index in [1.165, 1.54) is 29.1 Å². The largest absolute Gasteiger partial charge is 0.444 e. The smallest absolute Gasteiger partial charge is 0.407 e. The molecule has 2 N–H and O–H groups in total. The Morgan fingerprint density at radius 1 is 1.26 bits per heavy atom. The highest BCUT2D eigenvalue weighted by molar-refractivity contribution is 9.10. The third-order valence-electron chi connectivity index (χ3n) is 5.06. The van der Waals surface area contributed by atoms with Crippen molar-refractivity contribution in [1.82, 2.24) is 19.9 Å². The van der Waals surface area contributed by atoms with Crippen LogP contribution in [0.1, 0.15) is 44.9 Å². The molecule has 12 heteroatoms. The lowest BCUT2D eigenvalue weighted by Gasteiger charge is -2.24. The molecule has 0 spiro atoms. The van der Waals surface area contributed by atoms with E-state index in [0.717, 1.165) is 6.07 Å². The number of alkyl carbamates (subject to hydrolysis) is 1. The van der Waals surface area contributed by atoms with E-state index in [1.54, 1.807) is 34.7 Å². The van der Waals surface area contributed by atoms with Gasteiger partial charge in [-0.15, -0.1) is 0 Å². The number of carbonyl (C=O) groups excluding carboxylic acids is 1. The van der Waals surface area contributed by atoms with Crippen LogP contribution in [0.3, 0.4) is 0 Å². The molecule has 1 aromatic carbocycles. The van der Waals surface area contributed by atoms with E-state index >= 15 is 4.39 Å². The Bertz CT molecular complexity index is 1320. The number of amides is 1. The molecule has 8 nitrogen and oxygen atoms in total. The van der Waals surface area contributed by atoms with Crippen molar-refractivity contribution in [2.45, 2.75) is 45.3 Å². The van der Waals surface area contributed by atoms with E-state index in [9.17, 15) is 18.4 Å². The molecular weight excluding hydrogens is 531 g/mol. The van der Waals surface area contributed by atoms with Crippen molar-refractivity contribution in [2.75, 3.05) is 11.9 Å². The Labute approximate surface area is 208 Å². The van der Waals surface area contributed by atoms with Gasteiger partial charge in [0, 0.05) is 12.6 Å². The number of ether oxygens (including phenoxy) is 1. The minimum absolute atomic E-state index is 0.0323. The standard InChI is InChI=1S/C23H25BrF3N5O3/c1-12(31-18-14-9-16(24)20(33)32(5)19(14)30-11-29-18)13-7-6-8-15(17(13)25)23(26,27)10-28-21(34)35-22(2,3)4/h6-9,11-12H,10H2,1-5H3,(H,28,34)(H,29,30,31). The van der Waals surface area contributed by atoms with Crippen LogP contribution in [0, 0.1) is 5.82 Å². The van der Waals surface area contributed by atoms with Crippen LogP contribution in [0.25, 0.3) is 11.0 Å². The molecule has 0 radical (unpaired) electrons. The summed E-state index contributed by atoms with van der Waals surface area (Å²) < 4.78 is 51.5. The zero-order chi connectivity index (χ0) is 26.1. The monoisotopic (exact) mass is 555 g/mol. The summed E-state index contributed by atoms with van der Waals surface area (Å²) in [5, 5.41) is 5.48. The molecule has 0 aliphatic carbocycles. The summed E-state index contributed by atoms with van der Waals surface area (Å²) in [5.41, 5.74) is -1.71. The topological polar surface area (TPSA) is 98.1 Å². The number of aryl methyl sites for hydroxylation is 1. The number of fused-ring (bicyclic) bond motifs is 1. The SMILES string of the molecule is CC(Nc1ncnc2c1cc(Br)c(=O)n2C)c1cccc(C(F)(F)CNC(=O)OC(C)(C)C)c1F. The molecule has 3 rings (SSSR count). The van der Waals surface area contributed by atoms with Crippen molar-refractivity contribution < 1.29 is 22.7 Å². The predicted octanol–water partition coefficient (Wildman–Crippen LogP) is 5.02. The predicted molar refractivity (Wildman–Crippen MR) is 129 cm³/mol. The Hall–Kier alpha value is -3.15. The first-order chi connectivity index (χ1) is 16.2. The lowest BCUT2D eigenvalue weighted by molar-refractivity contribution is -0.0122. The molecule has 35 heavy (non-hydrogen) atoms. The van der Waals surface area contributed by atoms with Gasteiger partial charge in [-0.05, 0) is 55.8 Å². The Kier molecular flexibility index (Phi) is 7.44. The van der Waals surface area contributed by atoms with Crippen LogP contribution in [-0.4, -0.2) is 32.8 Å². The summed E-state index contributed by atoms with van der Waals surface area (Å²) in [6, 6.07) is 4.42. The van der Waals surface area contributed by atoms with Crippen molar-refractivity contribution in [1.29, 1.82) is 0 Å². The Morgan fingerprint density at radius 2 is 1.94 bits per heavy atom. The molecule has 1 unspecified atom stereocenters. The number of nitrogens with zero attached hydrogens (tertiary/aromatic N) is 3. The number of nitrogens with one attached hydrogen (secondary N) is 2. The Balaban J connectivity index is 1.87. The number of anilines is 1. The van der Waals surface area contributed by atoms with Crippen molar-refractivity contribution in [2.24, 2.45) is 7.05 Å². The summed E-state index contributed by atoms with van der Waals surface area (Å²) in [4.78, 5) is 32.2. The van der Waals surface area contributed by atoms with Crippen LogP contribution in [-0.2, 0) is 17.7 Å².